The summed E-state index contributed by atoms with van der Waals surface area (Å²) in [6.45, 7) is 5.22. The monoisotopic (exact) mass is 321 g/mol. The third-order valence-corrected chi connectivity index (χ3v) is 4.31. The van der Waals surface area contributed by atoms with Gasteiger partial charge in [-0.1, -0.05) is 36.4 Å². The maximum atomic E-state index is 3.37. The number of nitrogens with one attached hydrogen (secondary N) is 1. The number of likely N-dealkylation sites (N-methyl/N-ethyl adjacent to an activating group) is 1. The van der Waals surface area contributed by atoms with Crippen molar-refractivity contribution in [3.05, 3.63) is 72.9 Å². The number of anilines is 1. The molecule has 2 aromatic rings. The molecule has 1 heterocycles. The van der Waals surface area contributed by atoms with E-state index < -0.39 is 0 Å². The number of hydrogen-bond donors (Lipinski definition) is 1. The first-order valence-electron chi connectivity index (χ1n) is 8.41. The van der Waals surface area contributed by atoms with E-state index in [9.17, 15) is 0 Å². The molecule has 0 bridgehead atoms. The van der Waals surface area contributed by atoms with Gasteiger partial charge in [-0.15, -0.1) is 5.01 Å². The molecule has 0 amide bonds. The first-order valence-corrected chi connectivity index (χ1v) is 8.41. The Balaban J connectivity index is 2.04. The molecule has 0 saturated carbocycles. The number of benzene rings is 2. The lowest BCUT2D eigenvalue weighted by molar-refractivity contribution is -0.485. The first-order chi connectivity index (χ1) is 11.8. The predicted molar refractivity (Wildman–Crippen MR) is 100 cm³/mol. The molecule has 1 unspecified atom stereocenters. The molecule has 0 spiro atoms. The highest BCUT2D eigenvalue weighted by Crippen LogP contribution is 2.22. The van der Waals surface area contributed by atoms with Crippen LogP contribution in [0.4, 0.5) is 11.4 Å². The Labute approximate surface area is 144 Å². The van der Waals surface area contributed by atoms with Gasteiger partial charge in [0, 0.05) is 13.0 Å². The maximum absolute atomic E-state index is 3.37. The lowest BCUT2D eigenvalue weighted by atomic mass is 10.2. The lowest BCUT2D eigenvalue weighted by Gasteiger charge is -2.32. The summed E-state index contributed by atoms with van der Waals surface area (Å²) in [5.41, 5.74) is 2.35. The third-order valence-electron chi connectivity index (χ3n) is 4.31. The second kappa shape index (κ2) is 7.32. The van der Waals surface area contributed by atoms with Gasteiger partial charge in [0.25, 0.3) is 5.84 Å². The van der Waals surface area contributed by atoms with E-state index in [1.54, 1.807) is 0 Å². The van der Waals surface area contributed by atoms with E-state index in [0.717, 1.165) is 12.4 Å². The maximum Gasteiger partial charge on any atom is 0.278 e. The number of para-hydroxylation sites is 2. The summed E-state index contributed by atoms with van der Waals surface area (Å²) in [7, 11) is 1.99. The van der Waals surface area contributed by atoms with E-state index >= 15 is 0 Å². The Morgan fingerprint density at radius 3 is 2.25 bits per heavy atom. The zero-order valence-corrected chi connectivity index (χ0v) is 14.6. The van der Waals surface area contributed by atoms with Crippen LogP contribution < -0.4 is 10.3 Å². The van der Waals surface area contributed by atoms with Crippen molar-refractivity contribution in [2.75, 3.05) is 18.6 Å². The molecular formula is C20H25N4+. The van der Waals surface area contributed by atoms with Crippen LogP contribution in [0.2, 0.25) is 0 Å². The van der Waals surface area contributed by atoms with Crippen molar-refractivity contribution in [2.45, 2.75) is 20.0 Å². The van der Waals surface area contributed by atoms with Crippen molar-refractivity contribution < 1.29 is 4.58 Å². The number of nitrogens with zero attached hydrogens (tertiary/aromatic N) is 3. The quantitative estimate of drug-likeness (QED) is 0.851. The van der Waals surface area contributed by atoms with Crippen LogP contribution in [0.25, 0.3) is 0 Å². The molecule has 4 nitrogen and oxygen atoms in total. The van der Waals surface area contributed by atoms with Crippen molar-refractivity contribution in [1.29, 1.82) is 0 Å². The second-order valence-corrected chi connectivity index (χ2v) is 5.72. The van der Waals surface area contributed by atoms with Crippen LogP contribution in [0.5, 0.6) is 0 Å². The van der Waals surface area contributed by atoms with E-state index in [-0.39, 0.29) is 6.17 Å². The standard InChI is InChI=1S/C20H25N4/c1-4-22(18-11-7-5-8-12-18)23-16-15-20(21-3)24(17(23)2)19-13-9-6-10-14-19/h5-16,20-21H,4H2,1-3H3/q+1. The molecule has 24 heavy (non-hydrogen) atoms. The minimum absolute atomic E-state index is 0.137. The largest absolute Gasteiger partial charge is 0.278 e. The predicted octanol–water partition coefficient (Wildman–Crippen LogP) is 3.57. The summed E-state index contributed by atoms with van der Waals surface area (Å²) in [6.07, 6.45) is 4.47. The molecule has 1 N–H and O–H groups in total. The smallest absolute Gasteiger partial charge is 0.278 e. The summed E-state index contributed by atoms with van der Waals surface area (Å²) in [4.78, 5) is 0. The van der Waals surface area contributed by atoms with Crippen LogP contribution >= 0.6 is 0 Å². The first kappa shape index (κ1) is 16.3. The minimum atomic E-state index is 0.137. The molecule has 1 atom stereocenters. The zero-order valence-electron chi connectivity index (χ0n) is 14.6. The van der Waals surface area contributed by atoms with Crippen molar-refractivity contribution in [2.24, 2.45) is 0 Å². The molecule has 0 radical (unpaired) electrons. The summed E-state index contributed by atoms with van der Waals surface area (Å²) < 4.78 is 2.31. The van der Waals surface area contributed by atoms with Crippen LogP contribution in [-0.4, -0.2) is 35.2 Å². The normalized spacial score (nSPS) is 17.3. The van der Waals surface area contributed by atoms with Gasteiger partial charge in [0.15, 0.2) is 6.17 Å². The molecule has 1 aliphatic heterocycles. The average molecular weight is 321 g/mol. The van der Waals surface area contributed by atoms with E-state index in [4.69, 9.17) is 0 Å². The van der Waals surface area contributed by atoms with Crippen LogP contribution in [0, 0.1) is 0 Å². The van der Waals surface area contributed by atoms with Crippen molar-refractivity contribution in [3.8, 4) is 0 Å². The van der Waals surface area contributed by atoms with Crippen LogP contribution in [0.3, 0.4) is 0 Å². The Morgan fingerprint density at radius 2 is 1.67 bits per heavy atom. The summed E-state index contributed by atoms with van der Waals surface area (Å²) in [5.74, 6) is 1.16. The molecule has 124 valence electrons. The van der Waals surface area contributed by atoms with Gasteiger partial charge in [-0.3, -0.25) is 5.32 Å². The van der Waals surface area contributed by atoms with E-state index in [0.29, 0.717) is 0 Å². The van der Waals surface area contributed by atoms with Crippen molar-refractivity contribution in [1.82, 2.24) is 10.3 Å². The van der Waals surface area contributed by atoms with Gasteiger partial charge >= 0.3 is 0 Å². The molecule has 0 aromatic heterocycles. The fourth-order valence-electron chi connectivity index (χ4n) is 3.14. The van der Waals surface area contributed by atoms with Gasteiger partial charge < -0.3 is 0 Å². The second-order valence-electron chi connectivity index (χ2n) is 5.72. The van der Waals surface area contributed by atoms with Crippen LogP contribution in [0.15, 0.2) is 72.9 Å². The number of rotatable bonds is 5. The van der Waals surface area contributed by atoms with Gasteiger partial charge in [0.1, 0.15) is 11.9 Å². The highest BCUT2D eigenvalue weighted by molar-refractivity contribution is 5.79. The fraction of sp³-hybridized carbons (Fsp3) is 0.250. The molecular weight excluding hydrogens is 296 g/mol. The summed E-state index contributed by atoms with van der Waals surface area (Å²) in [6, 6.07) is 21.0. The average Bonchev–Trinajstić information content (AvgIpc) is 2.65. The minimum Gasteiger partial charge on any atom is -0.278 e. The van der Waals surface area contributed by atoms with Gasteiger partial charge in [-0.2, -0.15) is 0 Å². The van der Waals surface area contributed by atoms with Gasteiger partial charge in [0.05, 0.1) is 12.2 Å². The Morgan fingerprint density at radius 1 is 1.04 bits per heavy atom. The molecule has 2 aromatic carbocycles. The van der Waals surface area contributed by atoms with E-state index in [1.165, 1.54) is 11.4 Å². The molecule has 1 aliphatic rings. The highest BCUT2D eigenvalue weighted by Gasteiger charge is 2.31. The molecule has 0 aliphatic carbocycles. The number of hydrogen-bond acceptors (Lipinski definition) is 3. The Hall–Kier alpha value is -2.59. The van der Waals surface area contributed by atoms with Crippen molar-refractivity contribution in [3.63, 3.8) is 0 Å². The van der Waals surface area contributed by atoms with Gasteiger partial charge in [-0.05, 0) is 38.2 Å². The Bertz CT molecular complexity index is 722. The third kappa shape index (κ3) is 3.05. The SMILES string of the molecule is CCN(c1ccccc1)N1C=CC(NC)[N+](c2ccccc2)=C1C. The molecule has 0 fully saturated rings. The van der Waals surface area contributed by atoms with E-state index in [2.05, 4.69) is 94.6 Å². The summed E-state index contributed by atoms with van der Waals surface area (Å²) >= 11 is 0. The summed E-state index contributed by atoms with van der Waals surface area (Å²) in [5, 5.41) is 7.86. The number of amidine groups is 1. The number of hydrazine groups is 1. The van der Waals surface area contributed by atoms with Crippen molar-refractivity contribution >= 4 is 17.2 Å². The highest BCUT2D eigenvalue weighted by atomic mass is 15.6. The molecule has 3 rings (SSSR count). The van der Waals surface area contributed by atoms with Gasteiger partial charge in [-0.25, -0.2) is 9.58 Å². The molecule has 4 heteroatoms. The van der Waals surface area contributed by atoms with Gasteiger partial charge in [0.2, 0.25) is 0 Å². The Kier molecular flexibility index (Phi) is 4.96. The zero-order chi connectivity index (χ0) is 16.9. The topological polar surface area (TPSA) is 21.5 Å². The molecule has 0 saturated heterocycles. The van der Waals surface area contributed by atoms with E-state index in [1.807, 2.05) is 19.2 Å². The van der Waals surface area contributed by atoms with Crippen LogP contribution in [-0.2, 0) is 0 Å². The fourth-order valence-corrected chi connectivity index (χ4v) is 3.14. The lowest BCUT2D eigenvalue weighted by Crippen LogP contribution is -2.51. The van der Waals surface area contributed by atoms with Crippen LogP contribution in [0.1, 0.15) is 13.8 Å².